The number of hydrogen-bond acceptors (Lipinski definition) is 3. The van der Waals surface area contributed by atoms with Gasteiger partial charge in [-0.1, -0.05) is 24.3 Å². The van der Waals surface area contributed by atoms with Gasteiger partial charge in [-0.05, 0) is 38.1 Å². The fourth-order valence-corrected chi connectivity index (χ4v) is 2.57. The average Bonchev–Trinajstić information content (AvgIpc) is 2.54. The van der Waals surface area contributed by atoms with Gasteiger partial charge in [0.25, 0.3) is 0 Å². The van der Waals surface area contributed by atoms with E-state index in [2.05, 4.69) is 35.2 Å². The lowest BCUT2D eigenvalue weighted by atomic mass is 10.1. The van der Waals surface area contributed by atoms with Gasteiger partial charge in [0.15, 0.2) is 0 Å². The monoisotopic (exact) mass is 306 g/mol. The van der Waals surface area contributed by atoms with Crippen LogP contribution in [0.4, 0.5) is 5.69 Å². The topological polar surface area (TPSA) is 25.4 Å². The Morgan fingerprint density at radius 1 is 0.957 bits per heavy atom. The summed E-state index contributed by atoms with van der Waals surface area (Å²) in [6.07, 6.45) is 0.129. The van der Waals surface area contributed by atoms with E-state index in [1.807, 2.05) is 52.2 Å². The van der Waals surface area contributed by atoms with Crippen molar-refractivity contribution in [3.8, 4) is 17.0 Å². The maximum atomic E-state index is 6.00. The Labute approximate surface area is 137 Å². The Bertz CT molecular complexity index is 807. The summed E-state index contributed by atoms with van der Waals surface area (Å²) in [6, 6.07) is 18.6. The number of para-hydroxylation sites is 1. The van der Waals surface area contributed by atoms with Crippen LogP contribution in [0.5, 0.6) is 5.75 Å². The van der Waals surface area contributed by atoms with E-state index < -0.39 is 0 Å². The number of anilines is 1. The molecule has 3 heteroatoms. The van der Waals surface area contributed by atoms with Crippen molar-refractivity contribution < 1.29 is 4.74 Å². The van der Waals surface area contributed by atoms with Gasteiger partial charge >= 0.3 is 0 Å². The van der Waals surface area contributed by atoms with Gasteiger partial charge < -0.3 is 9.64 Å². The first kappa shape index (κ1) is 15.3. The van der Waals surface area contributed by atoms with E-state index in [1.165, 1.54) is 5.69 Å². The van der Waals surface area contributed by atoms with E-state index in [-0.39, 0.29) is 6.10 Å². The maximum Gasteiger partial charge on any atom is 0.131 e. The second-order valence-electron chi connectivity index (χ2n) is 6.13. The molecule has 0 saturated carbocycles. The van der Waals surface area contributed by atoms with Crippen molar-refractivity contribution in [2.75, 3.05) is 19.0 Å². The molecule has 23 heavy (non-hydrogen) atoms. The average molecular weight is 306 g/mol. The summed E-state index contributed by atoms with van der Waals surface area (Å²) >= 11 is 0. The van der Waals surface area contributed by atoms with Gasteiger partial charge in [0.05, 0.1) is 17.3 Å². The van der Waals surface area contributed by atoms with Crippen LogP contribution in [-0.4, -0.2) is 25.2 Å². The third kappa shape index (κ3) is 3.29. The molecule has 1 aromatic heterocycles. The highest BCUT2D eigenvalue weighted by molar-refractivity contribution is 5.88. The van der Waals surface area contributed by atoms with Crippen molar-refractivity contribution in [3.05, 3.63) is 54.6 Å². The lowest BCUT2D eigenvalue weighted by Crippen LogP contribution is -2.08. The number of nitrogens with zero attached hydrogens (tertiary/aromatic N) is 2. The quantitative estimate of drug-likeness (QED) is 0.695. The first-order valence-electron chi connectivity index (χ1n) is 7.89. The van der Waals surface area contributed by atoms with Crippen molar-refractivity contribution in [2.24, 2.45) is 0 Å². The smallest absolute Gasteiger partial charge is 0.131 e. The molecule has 1 heterocycles. The summed E-state index contributed by atoms with van der Waals surface area (Å²) in [4.78, 5) is 6.88. The Morgan fingerprint density at radius 3 is 2.30 bits per heavy atom. The minimum Gasteiger partial charge on any atom is -0.490 e. The minimum absolute atomic E-state index is 0.129. The van der Waals surface area contributed by atoms with Crippen LogP contribution in [0.3, 0.4) is 0 Å². The summed E-state index contributed by atoms with van der Waals surface area (Å²) in [5, 5.41) is 1.05. The molecule has 3 rings (SSSR count). The van der Waals surface area contributed by atoms with Crippen LogP contribution in [0.1, 0.15) is 13.8 Å². The van der Waals surface area contributed by atoms with Crippen molar-refractivity contribution in [2.45, 2.75) is 20.0 Å². The van der Waals surface area contributed by atoms with E-state index in [0.717, 1.165) is 27.9 Å². The van der Waals surface area contributed by atoms with Crippen LogP contribution >= 0.6 is 0 Å². The molecule has 0 aliphatic carbocycles. The molecule has 0 atom stereocenters. The molecule has 0 radical (unpaired) electrons. The molecular weight excluding hydrogens is 284 g/mol. The predicted molar refractivity (Wildman–Crippen MR) is 97.3 cm³/mol. The van der Waals surface area contributed by atoms with E-state index in [4.69, 9.17) is 9.72 Å². The molecule has 0 bridgehead atoms. The summed E-state index contributed by atoms with van der Waals surface area (Å²) in [5.41, 5.74) is 4.16. The zero-order valence-corrected chi connectivity index (χ0v) is 14.1. The van der Waals surface area contributed by atoms with Gasteiger partial charge in [-0.25, -0.2) is 4.98 Å². The van der Waals surface area contributed by atoms with E-state index in [9.17, 15) is 0 Å². The highest BCUT2D eigenvalue weighted by Gasteiger charge is 2.10. The number of hydrogen-bond donors (Lipinski definition) is 0. The lowest BCUT2D eigenvalue weighted by molar-refractivity contribution is 0.245. The molecule has 118 valence electrons. The summed E-state index contributed by atoms with van der Waals surface area (Å²) in [5.74, 6) is 0.886. The SMILES string of the molecule is CC(C)Oc1cc(-c2ccc(N(C)C)cc2)nc2ccccc12. The molecule has 0 unspecified atom stereocenters. The third-order valence-corrected chi connectivity index (χ3v) is 3.72. The van der Waals surface area contributed by atoms with Gasteiger partial charge in [-0.15, -0.1) is 0 Å². The van der Waals surface area contributed by atoms with Crippen LogP contribution in [0.15, 0.2) is 54.6 Å². The Balaban J connectivity index is 2.10. The summed E-state index contributed by atoms with van der Waals surface area (Å²) < 4.78 is 6.00. The molecule has 3 nitrogen and oxygen atoms in total. The molecule has 0 spiro atoms. The van der Waals surface area contributed by atoms with Gasteiger partial charge in [0.2, 0.25) is 0 Å². The van der Waals surface area contributed by atoms with Gasteiger partial charge in [-0.3, -0.25) is 0 Å². The van der Waals surface area contributed by atoms with Crippen LogP contribution in [0.2, 0.25) is 0 Å². The highest BCUT2D eigenvalue weighted by Crippen LogP contribution is 2.31. The number of pyridine rings is 1. The molecule has 0 aliphatic rings. The van der Waals surface area contributed by atoms with Crippen molar-refractivity contribution in [3.63, 3.8) is 0 Å². The first-order chi connectivity index (χ1) is 11.0. The van der Waals surface area contributed by atoms with Crippen LogP contribution in [-0.2, 0) is 0 Å². The zero-order valence-electron chi connectivity index (χ0n) is 14.1. The number of ether oxygens (including phenoxy) is 1. The molecule has 0 N–H and O–H groups in total. The molecule has 3 aromatic rings. The molecule has 0 aliphatic heterocycles. The standard InChI is InChI=1S/C20H22N2O/c1-14(2)23-20-13-19(21-18-8-6-5-7-17(18)20)15-9-11-16(12-10-15)22(3)4/h5-14H,1-4H3. The molecule has 0 fully saturated rings. The summed E-state index contributed by atoms with van der Waals surface area (Å²) in [7, 11) is 4.08. The maximum absolute atomic E-state index is 6.00. The van der Waals surface area contributed by atoms with Crippen LogP contribution < -0.4 is 9.64 Å². The van der Waals surface area contributed by atoms with Gasteiger partial charge in [-0.2, -0.15) is 0 Å². The van der Waals surface area contributed by atoms with Gasteiger partial charge in [0.1, 0.15) is 5.75 Å². The molecule has 0 amide bonds. The minimum atomic E-state index is 0.129. The van der Waals surface area contributed by atoms with Crippen molar-refractivity contribution >= 4 is 16.6 Å². The Morgan fingerprint density at radius 2 is 1.65 bits per heavy atom. The van der Waals surface area contributed by atoms with Gasteiger partial charge in [0, 0.05) is 36.8 Å². The lowest BCUT2D eigenvalue weighted by Gasteiger charge is -2.15. The molecule has 0 saturated heterocycles. The fraction of sp³-hybridized carbons (Fsp3) is 0.250. The molecule has 2 aromatic carbocycles. The van der Waals surface area contributed by atoms with E-state index >= 15 is 0 Å². The summed E-state index contributed by atoms with van der Waals surface area (Å²) in [6.45, 7) is 4.08. The largest absolute Gasteiger partial charge is 0.490 e. The van der Waals surface area contributed by atoms with Crippen LogP contribution in [0, 0.1) is 0 Å². The Kier molecular flexibility index (Phi) is 4.20. The van der Waals surface area contributed by atoms with E-state index in [1.54, 1.807) is 0 Å². The second kappa shape index (κ2) is 6.29. The predicted octanol–water partition coefficient (Wildman–Crippen LogP) is 4.76. The normalized spacial score (nSPS) is 11.0. The van der Waals surface area contributed by atoms with E-state index in [0.29, 0.717) is 0 Å². The Hall–Kier alpha value is -2.55. The molecular formula is C20H22N2O. The van der Waals surface area contributed by atoms with Crippen LogP contribution in [0.25, 0.3) is 22.2 Å². The zero-order chi connectivity index (χ0) is 16.4. The van der Waals surface area contributed by atoms with Crippen molar-refractivity contribution in [1.29, 1.82) is 0 Å². The number of rotatable bonds is 4. The highest BCUT2D eigenvalue weighted by atomic mass is 16.5. The fourth-order valence-electron chi connectivity index (χ4n) is 2.57. The number of benzene rings is 2. The number of fused-ring (bicyclic) bond motifs is 1. The third-order valence-electron chi connectivity index (χ3n) is 3.72. The number of aromatic nitrogens is 1. The first-order valence-corrected chi connectivity index (χ1v) is 7.89. The van der Waals surface area contributed by atoms with Crippen molar-refractivity contribution in [1.82, 2.24) is 4.98 Å². The second-order valence-corrected chi connectivity index (χ2v) is 6.13.